The fraction of sp³-hybridized carbons (Fsp3) is 0.836. The number of carbonyl (C=O) groups is 2. The normalized spacial score (nSPS) is 13.0. The number of esters is 1. The minimum Gasteiger partial charge on any atom is -0.466 e. The Morgan fingerprint density at radius 1 is 0.418 bits per heavy atom. The standard InChI is InChI=1S/C61H113NO5/c1-3-5-7-9-11-13-15-17-19-21-22-27-31-35-39-43-47-51-55-61(66)67-56-52-48-44-40-36-32-28-24-23-26-30-34-38-42-46-50-54-60(65)62-58(57-63)59(64)53-49-45-41-37-33-29-25-20-18-16-14-12-10-8-6-4-2/h13,15,19,21,23,26,49,53,58-59,63-64H,3-12,14,16-18,20,22,24-25,27-48,50-52,54-57H2,1-2H3,(H,62,65)/b15-13-,21-19-,26-23-,53-49+. The first-order valence-electron chi connectivity index (χ1n) is 29.4. The van der Waals surface area contributed by atoms with Gasteiger partial charge in [-0.15, -0.1) is 0 Å². The van der Waals surface area contributed by atoms with E-state index in [4.69, 9.17) is 4.74 Å². The lowest BCUT2D eigenvalue weighted by molar-refractivity contribution is -0.143. The van der Waals surface area contributed by atoms with Crippen LogP contribution < -0.4 is 5.32 Å². The van der Waals surface area contributed by atoms with E-state index in [-0.39, 0.29) is 18.5 Å². The summed E-state index contributed by atoms with van der Waals surface area (Å²) in [6, 6.07) is -0.641. The number of carbonyl (C=O) groups excluding carboxylic acids is 2. The molecule has 0 heterocycles. The molecule has 6 nitrogen and oxygen atoms in total. The molecular weight excluding hydrogens is 827 g/mol. The minimum absolute atomic E-state index is 0.0116. The van der Waals surface area contributed by atoms with Crippen LogP contribution >= 0.6 is 0 Å². The zero-order chi connectivity index (χ0) is 48.6. The van der Waals surface area contributed by atoms with Crippen LogP contribution in [0.4, 0.5) is 0 Å². The van der Waals surface area contributed by atoms with Crippen LogP contribution in [0.3, 0.4) is 0 Å². The van der Waals surface area contributed by atoms with Crippen LogP contribution in [-0.2, 0) is 14.3 Å². The number of rotatable bonds is 54. The van der Waals surface area contributed by atoms with E-state index < -0.39 is 12.1 Å². The van der Waals surface area contributed by atoms with E-state index in [0.29, 0.717) is 19.4 Å². The Morgan fingerprint density at radius 2 is 0.746 bits per heavy atom. The Bertz CT molecular complexity index is 1130. The molecule has 0 aromatic heterocycles. The van der Waals surface area contributed by atoms with Gasteiger partial charge in [-0.2, -0.15) is 0 Å². The van der Waals surface area contributed by atoms with Crippen molar-refractivity contribution in [1.29, 1.82) is 0 Å². The average molecular weight is 941 g/mol. The molecule has 0 radical (unpaired) electrons. The molecule has 0 aromatic rings. The number of unbranched alkanes of at least 4 members (excludes halogenated alkanes) is 37. The maximum absolute atomic E-state index is 12.5. The third kappa shape index (κ3) is 53.0. The number of ether oxygens (including phenoxy) is 1. The van der Waals surface area contributed by atoms with Crippen molar-refractivity contribution in [2.24, 2.45) is 0 Å². The molecule has 0 fully saturated rings. The summed E-state index contributed by atoms with van der Waals surface area (Å²) in [5, 5.41) is 23.1. The number of aliphatic hydroxyl groups excluding tert-OH is 2. The smallest absolute Gasteiger partial charge is 0.305 e. The third-order valence-corrected chi connectivity index (χ3v) is 13.3. The Morgan fingerprint density at radius 3 is 1.16 bits per heavy atom. The molecule has 3 N–H and O–H groups in total. The van der Waals surface area contributed by atoms with Crippen molar-refractivity contribution in [2.45, 2.75) is 315 Å². The first-order valence-corrected chi connectivity index (χ1v) is 29.4. The third-order valence-electron chi connectivity index (χ3n) is 13.3. The van der Waals surface area contributed by atoms with Gasteiger partial charge < -0.3 is 20.3 Å². The zero-order valence-electron chi connectivity index (χ0n) is 44.6. The summed E-state index contributed by atoms with van der Waals surface area (Å²) >= 11 is 0. The van der Waals surface area contributed by atoms with Gasteiger partial charge in [0.25, 0.3) is 0 Å². The van der Waals surface area contributed by atoms with Gasteiger partial charge >= 0.3 is 5.97 Å². The summed E-state index contributed by atoms with van der Waals surface area (Å²) in [6.07, 6.45) is 71.3. The summed E-state index contributed by atoms with van der Waals surface area (Å²) in [5.41, 5.74) is 0. The highest BCUT2D eigenvalue weighted by atomic mass is 16.5. The molecule has 67 heavy (non-hydrogen) atoms. The number of aliphatic hydroxyl groups is 2. The average Bonchev–Trinajstić information content (AvgIpc) is 3.33. The highest BCUT2D eigenvalue weighted by Crippen LogP contribution is 2.16. The molecule has 0 aliphatic heterocycles. The van der Waals surface area contributed by atoms with Gasteiger partial charge in [-0.1, -0.05) is 249 Å². The molecule has 0 aliphatic rings. The van der Waals surface area contributed by atoms with Gasteiger partial charge in [-0.3, -0.25) is 9.59 Å². The largest absolute Gasteiger partial charge is 0.466 e. The van der Waals surface area contributed by atoms with Gasteiger partial charge in [0.15, 0.2) is 0 Å². The van der Waals surface area contributed by atoms with E-state index >= 15 is 0 Å². The molecule has 0 aromatic carbocycles. The molecule has 0 saturated carbocycles. The number of allylic oxidation sites excluding steroid dienone is 7. The zero-order valence-corrected chi connectivity index (χ0v) is 44.6. The van der Waals surface area contributed by atoms with Crippen LogP contribution in [0, 0.1) is 0 Å². The molecule has 0 aliphatic carbocycles. The van der Waals surface area contributed by atoms with E-state index in [9.17, 15) is 19.8 Å². The molecule has 0 spiro atoms. The van der Waals surface area contributed by atoms with Crippen molar-refractivity contribution in [1.82, 2.24) is 5.32 Å². The van der Waals surface area contributed by atoms with Crippen molar-refractivity contribution in [2.75, 3.05) is 13.2 Å². The first kappa shape index (κ1) is 64.8. The van der Waals surface area contributed by atoms with Crippen LogP contribution in [0.25, 0.3) is 0 Å². The molecule has 6 heteroatoms. The Hall–Kier alpha value is -2.18. The lowest BCUT2D eigenvalue weighted by Crippen LogP contribution is -2.45. The van der Waals surface area contributed by atoms with Gasteiger partial charge in [-0.05, 0) is 89.9 Å². The minimum atomic E-state index is -0.856. The van der Waals surface area contributed by atoms with Gasteiger partial charge in [0.05, 0.1) is 25.4 Å². The van der Waals surface area contributed by atoms with Crippen LogP contribution in [0.15, 0.2) is 48.6 Å². The first-order chi connectivity index (χ1) is 33.0. The van der Waals surface area contributed by atoms with Crippen molar-refractivity contribution in [3.8, 4) is 0 Å². The molecule has 0 bridgehead atoms. The van der Waals surface area contributed by atoms with E-state index in [1.165, 1.54) is 205 Å². The highest BCUT2D eigenvalue weighted by molar-refractivity contribution is 5.76. The predicted molar refractivity (Wildman–Crippen MR) is 292 cm³/mol. The van der Waals surface area contributed by atoms with Crippen LogP contribution in [0.5, 0.6) is 0 Å². The van der Waals surface area contributed by atoms with Gasteiger partial charge in [-0.25, -0.2) is 0 Å². The van der Waals surface area contributed by atoms with Crippen molar-refractivity contribution >= 4 is 11.9 Å². The fourth-order valence-corrected chi connectivity index (χ4v) is 8.78. The molecule has 2 unspecified atom stereocenters. The van der Waals surface area contributed by atoms with Crippen molar-refractivity contribution in [3.05, 3.63) is 48.6 Å². The summed E-state index contributed by atoms with van der Waals surface area (Å²) in [6.45, 7) is 4.86. The van der Waals surface area contributed by atoms with Gasteiger partial charge in [0.2, 0.25) is 5.91 Å². The number of nitrogens with one attached hydrogen (secondary N) is 1. The Labute approximate surface area is 416 Å². The Balaban J connectivity index is 3.50. The van der Waals surface area contributed by atoms with Crippen molar-refractivity contribution in [3.63, 3.8) is 0 Å². The molecule has 0 rings (SSSR count). The monoisotopic (exact) mass is 940 g/mol. The second-order valence-electron chi connectivity index (χ2n) is 20.0. The predicted octanol–water partition coefficient (Wildman–Crippen LogP) is 18.2. The van der Waals surface area contributed by atoms with Crippen LogP contribution in [-0.4, -0.2) is 47.4 Å². The van der Waals surface area contributed by atoms with Gasteiger partial charge in [0.1, 0.15) is 0 Å². The summed E-state index contributed by atoms with van der Waals surface area (Å²) in [4.78, 5) is 24.5. The maximum atomic E-state index is 12.5. The Kier molecular flexibility index (Phi) is 54.6. The van der Waals surface area contributed by atoms with E-state index in [1.54, 1.807) is 6.08 Å². The quantitative estimate of drug-likeness (QED) is 0.0321. The van der Waals surface area contributed by atoms with Crippen LogP contribution in [0.1, 0.15) is 303 Å². The summed E-state index contributed by atoms with van der Waals surface area (Å²) in [5.74, 6) is -0.0966. The lowest BCUT2D eigenvalue weighted by atomic mass is 10.0. The van der Waals surface area contributed by atoms with E-state index in [1.807, 2.05) is 6.08 Å². The molecule has 2 atom stereocenters. The van der Waals surface area contributed by atoms with E-state index in [2.05, 4.69) is 55.6 Å². The SMILES string of the molecule is CCCCCC/C=C\C/C=C\CCCCCCCCCC(=O)OCCCCCCCCC/C=C\CCCCCCCC(=O)NC(CO)C(O)/C=C/CCCCCCCCCCCCCCCC. The van der Waals surface area contributed by atoms with E-state index in [0.717, 1.165) is 70.6 Å². The fourth-order valence-electron chi connectivity index (χ4n) is 8.78. The number of hydrogen-bond acceptors (Lipinski definition) is 5. The number of amides is 1. The summed E-state index contributed by atoms with van der Waals surface area (Å²) in [7, 11) is 0. The molecule has 1 amide bonds. The summed E-state index contributed by atoms with van der Waals surface area (Å²) < 4.78 is 5.48. The van der Waals surface area contributed by atoms with Crippen molar-refractivity contribution < 1.29 is 24.5 Å². The molecule has 0 saturated heterocycles. The topological polar surface area (TPSA) is 95.9 Å². The lowest BCUT2D eigenvalue weighted by Gasteiger charge is -2.20. The van der Waals surface area contributed by atoms with Crippen LogP contribution in [0.2, 0.25) is 0 Å². The maximum Gasteiger partial charge on any atom is 0.305 e. The molecular formula is C61H113NO5. The highest BCUT2D eigenvalue weighted by Gasteiger charge is 2.18. The molecule has 392 valence electrons. The second kappa shape index (κ2) is 56.4. The van der Waals surface area contributed by atoms with Gasteiger partial charge in [0, 0.05) is 12.8 Å². The second-order valence-corrected chi connectivity index (χ2v) is 20.0. The number of hydrogen-bond donors (Lipinski definition) is 3.